The van der Waals surface area contributed by atoms with Crippen molar-refractivity contribution in [3.63, 3.8) is 0 Å². The summed E-state index contributed by atoms with van der Waals surface area (Å²) >= 11 is 0. The zero-order valence-corrected chi connectivity index (χ0v) is 7.06. The molecule has 0 fully saturated rings. The third-order valence-corrected chi connectivity index (χ3v) is 2.07. The molecule has 1 amide bonds. The summed E-state index contributed by atoms with van der Waals surface area (Å²) in [6.45, 7) is 7.31. The number of nitrogens with two attached hydrogens (primary N) is 2. The minimum atomic E-state index is -0.924. The average Bonchev–Trinajstić information content (AvgIpc) is 1.62. The largest absolute Gasteiger partial charge is 0.368 e. The van der Waals surface area contributed by atoms with Gasteiger partial charge in [0.1, 0.15) is 0 Å². The summed E-state index contributed by atoms with van der Waals surface area (Å²) < 4.78 is 0. The topological polar surface area (TPSA) is 69.1 Å². The Balaban J connectivity index is 4.57. The first-order valence-corrected chi connectivity index (χ1v) is 3.28. The highest BCUT2D eigenvalue weighted by Crippen LogP contribution is 2.26. The molecule has 0 aliphatic carbocycles. The molecule has 0 aliphatic heterocycles. The molecule has 0 aromatic carbocycles. The highest BCUT2D eigenvalue weighted by molar-refractivity contribution is 5.84. The summed E-state index contributed by atoms with van der Waals surface area (Å²) in [5, 5.41) is 0. The molecule has 0 aliphatic rings. The zero-order valence-electron chi connectivity index (χ0n) is 7.06. The summed E-state index contributed by atoms with van der Waals surface area (Å²) in [4.78, 5) is 10.8. The Morgan fingerprint density at radius 3 is 1.50 bits per heavy atom. The number of rotatable bonds is 1. The molecule has 0 bridgehead atoms. The van der Waals surface area contributed by atoms with Gasteiger partial charge in [0.05, 0.1) is 5.54 Å². The molecule has 0 saturated heterocycles. The summed E-state index contributed by atoms with van der Waals surface area (Å²) in [6.07, 6.45) is 0. The van der Waals surface area contributed by atoms with Crippen molar-refractivity contribution in [1.29, 1.82) is 0 Å². The molecule has 0 aromatic heterocycles. The second-order valence-corrected chi connectivity index (χ2v) is 3.82. The van der Waals surface area contributed by atoms with Gasteiger partial charge < -0.3 is 11.5 Å². The maximum atomic E-state index is 10.8. The van der Waals surface area contributed by atoms with E-state index in [-0.39, 0.29) is 5.41 Å². The Bertz CT molecular complexity index is 144. The standard InChI is InChI=1S/C7H16N2O/c1-6(2,3)7(4,9)5(8)10/h9H2,1-4H3,(H2,8,10)/t7-/m1/s1. The van der Waals surface area contributed by atoms with Crippen molar-refractivity contribution in [2.45, 2.75) is 33.2 Å². The van der Waals surface area contributed by atoms with Gasteiger partial charge in [0.2, 0.25) is 5.91 Å². The Hall–Kier alpha value is -0.570. The molecule has 60 valence electrons. The number of amides is 1. The Labute approximate surface area is 61.8 Å². The van der Waals surface area contributed by atoms with E-state index >= 15 is 0 Å². The van der Waals surface area contributed by atoms with Crippen molar-refractivity contribution in [2.75, 3.05) is 0 Å². The van der Waals surface area contributed by atoms with E-state index in [1.165, 1.54) is 0 Å². The van der Waals surface area contributed by atoms with E-state index in [1.807, 2.05) is 20.8 Å². The van der Waals surface area contributed by atoms with Gasteiger partial charge in [-0.1, -0.05) is 20.8 Å². The molecule has 0 saturated carbocycles. The molecule has 1 atom stereocenters. The van der Waals surface area contributed by atoms with Gasteiger partial charge in [-0.2, -0.15) is 0 Å². The fourth-order valence-electron chi connectivity index (χ4n) is 0.370. The fourth-order valence-corrected chi connectivity index (χ4v) is 0.370. The van der Waals surface area contributed by atoms with Crippen LogP contribution in [-0.4, -0.2) is 11.4 Å². The third kappa shape index (κ3) is 1.48. The molecule has 0 radical (unpaired) electrons. The van der Waals surface area contributed by atoms with E-state index < -0.39 is 11.4 Å². The molecule has 10 heavy (non-hydrogen) atoms. The van der Waals surface area contributed by atoms with Crippen molar-refractivity contribution in [2.24, 2.45) is 16.9 Å². The van der Waals surface area contributed by atoms with Crippen LogP contribution in [0.5, 0.6) is 0 Å². The van der Waals surface area contributed by atoms with Crippen LogP contribution in [0.4, 0.5) is 0 Å². The fraction of sp³-hybridized carbons (Fsp3) is 0.857. The average molecular weight is 144 g/mol. The van der Waals surface area contributed by atoms with Crippen molar-refractivity contribution in [3.8, 4) is 0 Å². The summed E-state index contributed by atoms with van der Waals surface area (Å²) in [6, 6.07) is 0. The molecule has 3 heteroatoms. The van der Waals surface area contributed by atoms with Gasteiger partial charge in [-0.3, -0.25) is 4.79 Å². The number of carbonyl (C=O) groups is 1. The number of primary amides is 1. The molecule has 4 N–H and O–H groups in total. The van der Waals surface area contributed by atoms with E-state index in [0.717, 1.165) is 0 Å². The lowest BCUT2D eigenvalue weighted by Gasteiger charge is -2.35. The predicted octanol–water partition coefficient (Wildman–Crippen LogP) is 0.235. The van der Waals surface area contributed by atoms with Gasteiger partial charge in [-0.05, 0) is 12.3 Å². The summed E-state index contributed by atoms with van der Waals surface area (Å²) in [5.74, 6) is -0.458. The van der Waals surface area contributed by atoms with Gasteiger partial charge in [-0.15, -0.1) is 0 Å². The van der Waals surface area contributed by atoms with Crippen molar-refractivity contribution in [1.82, 2.24) is 0 Å². The highest BCUT2D eigenvalue weighted by atomic mass is 16.1. The molecule has 0 aromatic rings. The smallest absolute Gasteiger partial charge is 0.237 e. The summed E-state index contributed by atoms with van der Waals surface area (Å²) in [7, 11) is 0. The highest BCUT2D eigenvalue weighted by Gasteiger charge is 2.38. The van der Waals surface area contributed by atoms with Crippen LogP contribution in [0.2, 0.25) is 0 Å². The first-order valence-electron chi connectivity index (χ1n) is 3.28. The second-order valence-electron chi connectivity index (χ2n) is 3.82. The van der Waals surface area contributed by atoms with E-state index in [4.69, 9.17) is 11.5 Å². The molecule has 0 spiro atoms. The van der Waals surface area contributed by atoms with Crippen molar-refractivity contribution >= 4 is 5.91 Å². The van der Waals surface area contributed by atoms with E-state index in [1.54, 1.807) is 6.92 Å². The lowest BCUT2D eigenvalue weighted by Crippen LogP contribution is -2.58. The molecular weight excluding hydrogens is 128 g/mol. The van der Waals surface area contributed by atoms with Gasteiger partial charge in [0.25, 0.3) is 0 Å². The second kappa shape index (κ2) is 2.23. The van der Waals surface area contributed by atoms with Crippen LogP contribution in [0.15, 0.2) is 0 Å². The van der Waals surface area contributed by atoms with Crippen LogP contribution in [0.25, 0.3) is 0 Å². The molecule has 0 rings (SSSR count). The molecular formula is C7H16N2O. The normalized spacial score (nSPS) is 18.1. The first kappa shape index (κ1) is 9.43. The third-order valence-electron chi connectivity index (χ3n) is 2.07. The maximum Gasteiger partial charge on any atom is 0.237 e. The van der Waals surface area contributed by atoms with E-state index in [9.17, 15) is 4.79 Å². The van der Waals surface area contributed by atoms with Gasteiger partial charge in [0.15, 0.2) is 0 Å². The van der Waals surface area contributed by atoms with Crippen LogP contribution in [0.3, 0.4) is 0 Å². The minimum absolute atomic E-state index is 0.279. The van der Waals surface area contributed by atoms with Crippen LogP contribution < -0.4 is 11.5 Å². The Morgan fingerprint density at radius 1 is 1.20 bits per heavy atom. The quantitative estimate of drug-likeness (QED) is 0.553. The lowest BCUT2D eigenvalue weighted by molar-refractivity contribution is -0.126. The van der Waals surface area contributed by atoms with E-state index in [0.29, 0.717) is 0 Å². The first-order chi connectivity index (χ1) is 4.19. The van der Waals surface area contributed by atoms with Crippen LogP contribution >= 0.6 is 0 Å². The van der Waals surface area contributed by atoms with Crippen LogP contribution in [0, 0.1) is 5.41 Å². The molecule has 3 nitrogen and oxygen atoms in total. The van der Waals surface area contributed by atoms with Crippen molar-refractivity contribution in [3.05, 3.63) is 0 Å². The van der Waals surface area contributed by atoms with Gasteiger partial charge >= 0.3 is 0 Å². The zero-order chi connectivity index (χ0) is 8.58. The maximum absolute atomic E-state index is 10.8. The molecule has 0 heterocycles. The van der Waals surface area contributed by atoms with Crippen LogP contribution in [-0.2, 0) is 4.79 Å². The minimum Gasteiger partial charge on any atom is -0.368 e. The van der Waals surface area contributed by atoms with E-state index in [2.05, 4.69) is 0 Å². The number of carbonyl (C=O) groups excluding carboxylic acids is 1. The SMILES string of the molecule is CC(C)(C)[C@](C)(N)C(N)=O. The lowest BCUT2D eigenvalue weighted by atomic mass is 9.75. The van der Waals surface area contributed by atoms with Gasteiger partial charge in [-0.25, -0.2) is 0 Å². The Kier molecular flexibility index (Phi) is 2.11. The van der Waals surface area contributed by atoms with Crippen molar-refractivity contribution < 1.29 is 4.79 Å². The monoisotopic (exact) mass is 144 g/mol. The van der Waals surface area contributed by atoms with Crippen LogP contribution in [0.1, 0.15) is 27.7 Å². The number of hydrogen-bond donors (Lipinski definition) is 2. The Morgan fingerprint density at radius 2 is 1.50 bits per heavy atom. The number of hydrogen-bond acceptors (Lipinski definition) is 2. The van der Waals surface area contributed by atoms with Gasteiger partial charge in [0, 0.05) is 0 Å². The summed E-state index contributed by atoms with van der Waals surface area (Å²) in [5.41, 5.74) is 9.55. The predicted molar refractivity (Wildman–Crippen MR) is 41.2 cm³/mol. The molecule has 0 unspecified atom stereocenters.